The Hall–Kier alpha value is -0.940. The van der Waals surface area contributed by atoms with Crippen molar-refractivity contribution in [1.29, 1.82) is 0 Å². The number of nitrogens with one attached hydrogen (secondary N) is 1. The maximum absolute atomic E-state index is 11.6. The summed E-state index contributed by atoms with van der Waals surface area (Å²) in [6.45, 7) is 5.99. The molecule has 0 spiro atoms. The smallest absolute Gasteiger partial charge is 0.257 e. The molecule has 1 saturated heterocycles. The van der Waals surface area contributed by atoms with Crippen LogP contribution in [0, 0.1) is 0 Å². The summed E-state index contributed by atoms with van der Waals surface area (Å²) in [4.78, 5) is 16.2. The molecule has 0 radical (unpaired) electrons. The first-order valence-corrected chi connectivity index (χ1v) is 5.42. The van der Waals surface area contributed by atoms with Crippen molar-refractivity contribution in [3.63, 3.8) is 0 Å². The Labute approximate surface area is 90.1 Å². The van der Waals surface area contributed by atoms with E-state index < -0.39 is 0 Å². The minimum absolute atomic E-state index is 0.00352. The molecule has 5 nitrogen and oxygen atoms in total. The molecule has 1 N–H and O–H groups in total. The van der Waals surface area contributed by atoms with Crippen LogP contribution in [0.2, 0.25) is 0 Å². The van der Waals surface area contributed by atoms with Crippen molar-refractivity contribution >= 4 is 11.6 Å². The molecule has 0 aromatic carbocycles. The van der Waals surface area contributed by atoms with Gasteiger partial charge in [0.2, 0.25) is 0 Å². The highest BCUT2D eigenvalue weighted by Gasteiger charge is 2.30. The SMILES string of the molecule is CC1=NNC(=O)C(N2CCN(C)CC2)C1. The van der Waals surface area contributed by atoms with Crippen molar-refractivity contribution < 1.29 is 4.79 Å². The molecule has 15 heavy (non-hydrogen) atoms. The molecule has 5 heteroatoms. The summed E-state index contributed by atoms with van der Waals surface area (Å²) in [7, 11) is 2.12. The molecule has 0 saturated carbocycles. The number of likely N-dealkylation sites (N-methyl/N-ethyl adjacent to an activating group) is 1. The number of carbonyl (C=O) groups excluding carboxylic acids is 1. The van der Waals surface area contributed by atoms with Crippen LogP contribution in [0.25, 0.3) is 0 Å². The van der Waals surface area contributed by atoms with Crippen LogP contribution in [0.3, 0.4) is 0 Å². The highest BCUT2D eigenvalue weighted by molar-refractivity contribution is 5.94. The fourth-order valence-corrected chi connectivity index (χ4v) is 2.07. The standard InChI is InChI=1S/C10H18N4O/c1-8-7-9(10(15)12-11-8)14-5-3-13(2)4-6-14/h9H,3-7H2,1-2H3,(H,12,15). The minimum Gasteiger partial charge on any atom is -0.304 e. The Kier molecular flexibility index (Phi) is 3.02. The molecule has 2 heterocycles. The number of amides is 1. The third-order valence-corrected chi connectivity index (χ3v) is 3.13. The molecule has 2 aliphatic rings. The Bertz CT molecular complexity index is 281. The topological polar surface area (TPSA) is 47.9 Å². The summed E-state index contributed by atoms with van der Waals surface area (Å²) in [6, 6.07) is -0.00352. The Balaban J connectivity index is 1.98. The zero-order chi connectivity index (χ0) is 10.8. The van der Waals surface area contributed by atoms with Crippen molar-refractivity contribution in [2.45, 2.75) is 19.4 Å². The van der Waals surface area contributed by atoms with Crippen LogP contribution in [0.1, 0.15) is 13.3 Å². The second-order valence-electron chi connectivity index (χ2n) is 4.38. The number of rotatable bonds is 1. The van der Waals surface area contributed by atoms with Gasteiger partial charge in [-0.2, -0.15) is 5.10 Å². The molecule has 0 aliphatic carbocycles. The van der Waals surface area contributed by atoms with Crippen LogP contribution in [-0.2, 0) is 4.79 Å². The minimum atomic E-state index is -0.00352. The normalized spacial score (nSPS) is 29.9. The van der Waals surface area contributed by atoms with Crippen LogP contribution in [0.5, 0.6) is 0 Å². The monoisotopic (exact) mass is 210 g/mol. The van der Waals surface area contributed by atoms with Gasteiger partial charge in [0.15, 0.2) is 0 Å². The van der Waals surface area contributed by atoms with Gasteiger partial charge in [-0.05, 0) is 14.0 Å². The predicted molar refractivity (Wildman–Crippen MR) is 58.7 cm³/mol. The molecule has 1 fully saturated rings. The van der Waals surface area contributed by atoms with E-state index in [4.69, 9.17) is 0 Å². The third kappa shape index (κ3) is 2.35. The Morgan fingerprint density at radius 2 is 2.00 bits per heavy atom. The molecule has 0 aromatic rings. The molecule has 2 rings (SSSR count). The summed E-state index contributed by atoms with van der Waals surface area (Å²) in [5, 5.41) is 3.95. The lowest BCUT2D eigenvalue weighted by Crippen LogP contribution is -2.55. The van der Waals surface area contributed by atoms with Gasteiger partial charge in [0, 0.05) is 38.3 Å². The van der Waals surface area contributed by atoms with Gasteiger partial charge in [0.05, 0.1) is 6.04 Å². The number of hydrogen-bond donors (Lipinski definition) is 1. The first-order chi connectivity index (χ1) is 7.16. The average molecular weight is 210 g/mol. The molecule has 0 bridgehead atoms. The first kappa shape index (κ1) is 10.6. The van der Waals surface area contributed by atoms with E-state index >= 15 is 0 Å². The molecule has 1 atom stereocenters. The van der Waals surface area contributed by atoms with E-state index in [1.807, 2.05) is 6.92 Å². The molecule has 84 valence electrons. The maximum atomic E-state index is 11.6. The Morgan fingerprint density at radius 3 is 2.67 bits per heavy atom. The van der Waals surface area contributed by atoms with E-state index in [0.717, 1.165) is 38.3 Å². The van der Waals surface area contributed by atoms with E-state index in [9.17, 15) is 4.79 Å². The predicted octanol–water partition coefficient (Wildman–Crippen LogP) is -0.502. The van der Waals surface area contributed by atoms with Crippen LogP contribution >= 0.6 is 0 Å². The highest BCUT2D eigenvalue weighted by atomic mass is 16.2. The lowest BCUT2D eigenvalue weighted by atomic mass is 10.1. The molecule has 1 unspecified atom stereocenters. The molecular weight excluding hydrogens is 192 g/mol. The summed E-state index contributed by atoms with van der Waals surface area (Å²) < 4.78 is 0. The zero-order valence-electron chi connectivity index (χ0n) is 9.36. The van der Waals surface area contributed by atoms with Crippen LogP contribution in [-0.4, -0.2) is 60.7 Å². The Morgan fingerprint density at radius 1 is 1.33 bits per heavy atom. The highest BCUT2D eigenvalue weighted by Crippen LogP contribution is 2.12. The van der Waals surface area contributed by atoms with Crippen molar-refractivity contribution in [2.75, 3.05) is 33.2 Å². The quantitative estimate of drug-likeness (QED) is 0.634. The maximum Gasteiger partial charge on any atom is 0.257 e. The average Bonchev–Trinajstić information content (AvgIpc) is 2.23. The second kappa shape index (κ2) is 4.28. The fourth-order valence-electron chi connectivity index (χ4n) is 2.07. The molecular formula is C10H18N4O. The van der Waals surface area contributed by atoms with Gasteiger partial charge in [0.1, 0.15) is 0 Å². The van der Waals surface area contributed by atoms with E-state index in [-0.39, 0.29) is 11.9 Å². The van der Waals surface area contributed by atoms with E-state index in [0.29, 0.717) is 0 Å². The molecule has 1 amide bonds. The van der Waals surface area contributed by atoms with Crippen LogP contribution in [0.15, 0.2) is 5.10 Å². The van der Waals surface area contributed by atoms with Gasteiger partial charge >= 0.3 is 0 Å². The molecule has 2 aliphatic heterocycles. The van der Waals surface area contributed by atoms with Gasteiger partial charge in [-0.3, -0.25) is 9.69 Å². The van der Waals surface area contributed by atoms with Crippen molar-refractivity contribution in [1.82, 2.24) is 15.2 Å². The second-order valence-corrected chi connectivity index (χ2v) is 4.38. The first-order valence-electron chi connectivity index (χ1n) is 5.42. The third-order valence-electron chi connectivity index (χ3n) is 3.13. The fraction of sp³-hybridized carbons (Fsp3) is 0.800. The number of nitrogens with zero attached hydrogens (tertiary/aromatic N) is 3. The summed E-state index contributed by atoms with van der Waals surface area (Å²) in [5.74, 6) is 0.0464. The lowest BCUT2D eigenvalue weighted by Gasteiger charge is -2.37. The molecule has 0 aromatic heterocycles. The van der Waals surface area contributed by atoms with E-state index in [1.165, 1.54) is 0 Å². The van der Waals surface area contributed by atoms with Crippen LogP contribution in [0.4, 0.5) is 0 Å². The van der Waals surface area contributed by atoms with Gasteiger partial charge in [-0.1, -0.05) is 0 Å². The lowest BCUT2D eigenvalue weighted by molar-refractivity contribution is -0.127. The number of piperazine rings is 1. The van der Waals surface area contributed by atoms with E-state index in [1.54, 1.807) is 0 Å². The number of carbonyl (C=O) groups is 1. The number of hydrogen-bond acceptors (Lipinski definition) is 4. The van der Waals surface area contributed by atoms with Crippen LogP contribution < -0.4 is 5.43 Å². The van der Waals surface area contributed by atoms with Crippen molar-refractivity contribution in [3.05, 3.63) is 0 Å². The number of hydrazone groups is 1. The van der Waals surface area contributed by atoms with Gasteiger partial charge in [-0.25, -0.2) is 5.43 Å². The van der Waals surface area contributed by atoms with E-state index in [2.05, 4.69) is 27.4 Å². The summed E-state index contributed by atoms with van der Waals surface area (Å²) in [6.07, 6.45) is 0.773. The zero-order valence-corrected chi connectivity index (χ0v) is 9.36. The summed E-state index contributed by atoms with van der Waals surface area (Å²) >= 11 is 0. The van der Waals surface area contributed by atoms with Gasteiger partial charge in [-0.15, -0.1) is 0 Å². The van der Waals surface area contributed by atoms with Gasteiger partial charge in [0.25, 0.3) is 5.91 Å². The van der Waals surface area contributed by atoms with Gasteiger partial charge < -0.3 is 4.90 Å². The van der Waals surface area contributed by atoms with Crippen molar-refractivity contribution in [2.24, 2.45) is 5.10 Å². The largest absolute Gasteiger partial charge is 0.304 e. The summed E-state index contributed by atoms with van der Waals surface area (Å²) in [5.41, 5.74) is 3.60. The van der Waals surface area contributed by atoms with Crippen molar-refractivity contribution in [3.8, 4) is 0 Å².